The van der Waals surface area contributed by atoms with Gasteiger partial charge in [0.15, 0.2) is 0 Å². The number of nitrogens with one attached hydrogen (secondary N) is 1. The highest BCUT2D eigenvalue weighted by atomic mass is 16.5. The van der Waals surface area contributed by atoms with E-state index < -0.39 is 6.41 Å². The molecule has 0 heterocycles. The maximum Gasteiger partial charge on any atom is 0.232 e. The van der Waals surface area contributed by atoms with Crippen molar-refractivity contribution >= 4 is 5.69 Å². The lowest BCUT2D eigenvalue weighted by atomic mass is 10.2. The number of anilines is 1. The van der Waals surface area contributed by atoms with Gasteiger partial charge in [-0.05, 0) is 24.6 Å². The van der Waals surface area contributed by atoms with Crippen LogP contribution in [0.2, 0.25) is 0 Å². The molecule has 0 radical (unpaired) electrons. The van der Waals surface area contributed by atoms with Crippen LogP contribution in [0, 0.1) is 6.92 Å². The Bertz CT molecular complexity index is 235. The Kier molecular flexibility index (Phi) is 2.46. The van der Waals surface area contributed by atoms with Gasteiger partial charge >= 0.3 is 0 Å². The molecular weight excluding hydrogens is 142 g/mol. The number of aliphatic hydroxyl groups excluding tert-OH is 1. The van der Waals surface area contributed by atoms with Crippen LogP contribution < -0.4 is 5.32 Å². The third-order valence-electron chi connectivity index (χ3n) is 1.31. The molecule has 0 aliphatic carbocycles. The van der Waals surface area contributed by atoms with Crippen molar-refractivity contribution in [3.63, 3.8) is 0 Å². The summed E-state index contributed by atoms with van der Waals surface area (Å²) in [6.07, 6.45) is -1.49. The van der Waals surface area contributed by atoms with Gasteiger partial charge in [0.1, 0.15) is 0 Å². The molecule has 1 aromatic carbocycles. The van der Waals surface area contributed by atoms with Gasteiger partial charge in [0.05, 0.1) is 0 Å². The molecule has 0 spiro atoms. The van der Waals surface area contributed by atoms with Gasteiger partial charge in [-0.1, -0.05) is 12.1 Å². The van der Waals surface area contributed by atoms with Gasteiger partial charge in [-0.25, -0.2) is 0 Å². The van der Waals surface area contributed by atoms with Crippen molar-refractivity contribution < 1.29 is 10.2 Å². The Morgan fingerprint density at radius 3 is 2.64 bits per heavy atom. The van der Waals surface area contributed by atoms with Crippen molar-refractivity contribution in [2.45, 2.75) is 13.3 Å². The van der Waals surface area contributed by atoms with Crippen LogP contribution in [0.1, 0.15) is 5.56 Å². The highest BCUT2D eigenvalue weighted by Gasteiger charge is 1.95. The van der Waals surface area contributed by atoms with E-state index in [0.29, 0.717) is 5.69 Å². The van der Waals surface area contributed by atoms with Crippen molar-refractivity contribution in [3.8, 4) is 0 Å². The molecule has 1 rings (SSSR count). The molecule has 0 atom stereocenters. The quantitative estimate of drug-likeness (QED) is 0.547. The third kappa shape index (κ3) is 2.57. The molecule has 3 N–H and O–H groups in total. The van der Waals surface area contributed by atoms with Crippen LogP contribution in [0.25, 0.3) is 0 Å². The molecule has 0 aromatic heterocycles. The Morgan fingerprint density at radius 2 is 2.09 bits per heavy atom. The zero-order valence-corrected chi connectivity index (χ0v) is 6.28. The van der Waals surface area contributed by atoms with Gasteiger partial charge in [-0.15, -0.1) is 0 Å². The zero-order valence-electron chi connectivity index (χ0n) is 6.28. The van der Waals surface area contributed by atoms with Gasteiger partial charge in [-0.2, -0.15) is 0 Å². The van der Waals surface area contributed by atoms with Crippen LogP contribution >= 0.6 is 0 Å². The number of hydrogen-bond acceptors (Lipinski definition) is 3. The van der Waals surface area contributed by atoms with Gasteiger partial charge in [0.25, 0.3) is 0 Å². The van der Waals surface area contributed by atoms with Gasteiger partial charge in [0.2, 0.25) is 6.41 Å². The first-order valence-electron chi connectivity index (χ1n) is 3.38. The summed E-state index contributed by atoms with van der Waals surface area (Å²) in [4.78, 5) is 0. The minimum absolute atomic E-state index is 0.708. The highest BCUT2D eigenvalue weighted by Crippen LogP contribution is 2.09. The normalized spacial score (nSPS) is 10.2. The lowest BCUT2D eigenvalue weighted by Crippen LogP contribution is -2.16. The average molecular weight is 153 g/mol. The highest BCUT2D eigenvalue weighted by molar-refractivity contribution is 5.45. The molecule has 60 valence electrons. The van der Waals surface area contributed by atoms with Crippen LogP contribution in [0.15, 0.2) is 24.3 Å². The van der Waals surface area contributed by atoms with E-state index in [1.807, 2.05) is 25.1 Å². The number of benzene rings is 1. The van der Waals surface area contributed by atoms with Crippen molar-refractivity contribution in [3.05, 3.63) is 29.8 Å². The summed E-state index contributed by atoms with van der Waals surface area (Å²) in [5.74, 6) is 0. The largest absolute Gasteiger partial charge is 0.351 e. The van der Waals surface area contributed by atoms with Gasteiger partial charge in [-0.3, -0.25) is 0 Å². The van der Waals surface area contributed by atoms with Crippen LogP contribution in [-0.4, -0.2) is 16.6 Å². The number of rotatable bonds is 2. The monoisotopic (exact) mass is 153 g/mol. The summed E-state index contributed by atoms with van der Waals surface area (Å²) in [6.45, 7) is 1.94. The van der Waals surface area contributed by atoms with Crippen LogP contribution in [0.5, 0.6) is 0 Å². The number of aliphatic hydroxyl groups is 2. The fraction of sp³-hybridized carbons (Fsp3) is 0.250. The second-order valence-corrected chi connectivity index (χ2v) is 2.39. The number of aryl methyl sites for hydroxylation is 1. The molecule has 3 nitrogen and oxygen atoms in total. The molecule has 0 unspecified atom stereocenters. The minimum atomic E-state index is -1.49. The molecular formula is C8H11NO2. The van der Waals surface area contributed by atoms with E-state index in [4.69, 9.17) is 10.2 Å². The van der Waals surface area contributed by atoms with Crippen LogP contribution in [0.3, 0.4) is 0 Å². The molecule has 0 bridgehead atoms. The summed E-state index contributed by atoms with van der Waals surface area (Å²) >= 11 is 0. The summed E-state index contributed by atoms with van der Waals surface area (Å²) < 4.78 is 0. The van der Waals surface area contributed by atoms with Crippen molar-refractivity contribution in [1.82, 2.24) is 0 Å². The predicted molar refractivity (Wildman–Crippen MR) is 43.0 cm³/mol. The molecule has 1 aromatic rings. The fourth-order valence-corrected chi connectivity index (χ4v) is 0.884. The lowest BCUT2D eigenvalue weighted by Gasteiger charge is -2.07. The van der Waals surface area contributed by atoms with E-state index in [2.05, 4.69) is 5.32 Å². The molecule has 0 saturated carbocycles. The summed E-state index contributed by atoms with van der Waals surface area (Å²) in [5, 5.41) is 19.5. The predicted octanol–water partition coefficient (Wildman–Crippen LogP) is 0.675. The maximum atomic E-state index is 8.54. The molecule has 11 heavy (non-hydrogen) atoms. The smallest absolute Gasteiger partial charge is 0.232 e. The molecule has 0 amide bonds. The summed E-state index contributed by atoms with van der Waals surface area (Å²) in [7, 11) is 0. The van der Waals surface area contributed by atoms with Crippen LogP contribution in [-0.2, 0) is 0 Å². The minimum Gasteiger partial charge on any atom is -0.351 e. The van der Waals surface area contributed by atoms with Gasteiger partial charge < -0.3 is 15.5 Å². The SMILES string of the molecule is Cc1cccc(NC(O)O)c1. The Labute approximate surface area is 65.3 Å². The van der Waals surface area contributed by atoms with Crippen molar-refractivity contribution in [2.75, 3.05) is 5.32 Å². The van der Waals surface area contributed by atoms with E-state index in [9.17, 15) is 0 Å². The average Bonchev–Trinajstić information content (AvgIpc) is 1.85. The first-order valence-corrected chi connectivity index (χ1v) is 3.38. The Balaban J connectivity index is 2.71. The molecule has 0 aliphatic rings. The second kappa shape index (κ2) is 3.37. The maximum absolute atomic E-state index is 8.54. The van der Waals surface area contributed by atoms with Gasteiger partial charge in [0, 0.05) is 5.69 Å². The Morgan fingerprint density at radius 1 is 1.36 bits per heavy atom. The molecule has 0 fully saturated rings. The summed E-state index contributed by atoms with van der Waals surface area (Å²) in [6, 6.07) is 7.39. The lowest BCUT2D eigenvalue weighted by molar-refractivity contribution is -0.0147. The first-order chi connectivity index (χ1) is 5.18. The zero-order chi connectivity index (χ0) is 8.27. The standard InChI is InChI=1S/C8H11NO2/c1-6-3-2-4-7(5-6)9-8(10)11/h2-5,8-11H,1H3. The molecule has 3 heteroatoms. The summed E-state index contributed by atoms with van der Waals surface area (Å²) in [5.41, 5.74) is 1.79. The first kappa shape index (κ1) is 8.04. The third-order valence-corrected chi connectivity index (χ3v) is 1.31. The second-order valence-electron chi connectivity index (χ2n) is 2.39. The van der Waals surface area contributed by atoms with Crippen molar-refractivity contribution in [2.24, 2.45) is 0 Å². The van der Waals surface area contributed by atoms with Crippen molar-refractivity contribution in [1.29, 1.82) is 0 Å². The van der Waals surface area contributed by atoms with E-state index in [-0.39, 0.29) is 0 Å². The molecule has 0 aliphatic heterocycles. The number of hydrogen-bond donors (Lipinski definition) is 3. The topological polar surface area (TPSA) is 52.5 Å². The van der Waals surface area contributed by atoms with E-state index >= 15 is 0 Å². The van der Waals surface area contributed by atoms with E-state index in [1.165, 1.54) is 0 Å². The van der Waals surface area contributed by atoms with Crippen LogP contribution in [0.4, 0.5) is 5.69 Å². The van der Waals surface area contributed by atoms with E-state index in [1.54, 1.807) is 6.07 Å². The molecule has 0 saturated heterocycles. The van der Waals surface area contributed by atoms with E-state index in [0.717, 1.165) is 5.56 Å². The Hall–Kier alpha value is -1.06. The fourth-order valence-electron chi connectivity index (χ4n) is 0.884.